The minimum Gasteiger partial charge on any atom is -0.343 e. The number of carbonyl (C=O) groups is 2. The van der Waals surface area contributed by atoms with Gasteiger partial charge in [0.05, 0.1) is 19.0 Å². The Morgan fingerprint density at radius 2 is 1.67 bits per heavy atom. The number of piperazine rings is 1. The number of nitrogens with zero attached hydrogens (tertiary/aromatic N) is 2. The number of amides is 2. The SMILES string of the molecule is Cc1ccc(C(NC(=O)CN2CCN(C(=O)Cc3ccccc3C)CC2)c2cccs2)cc1. The summed E-state index contributed by atoms with van der Waals surface area (Å²) in [7, 11) is 0. The van der Waals surface area contributed by atoms with Gasteiger partial charge in [0, 0.05) is 31.1 Å². The molecule has 1 N–H and O–H groups in total. The number of hydrogen-bond acceptors (Lipinski definition) is 4. The predicted octanol–water partition coefficient (Wildman–Crippen LogP) is 3.96. The average Bonchev–Trinajstić information content (AvgIpc) is 3.35. The van der Waals surface area contributed by atoms with Gasteiger partial charge in [-0.25, -0.2) is 0 Å². The van der Waals surface area contributed by atoms with Crippen molar-refractivity contribution in [3.63, 3.8) is 0 Å². The summed E-state index contributed by atoms with van der Waals surface area (Å²) in [5.74, 6) is 0.166. The van der Waals surface area contributed by atoms with Crippen molar-refractivity contribution >= 4 is 23.2 Å². The maximum Gasteiger partial charge on any atom is 0.234 e. The van der Waals surface area contributed by atoms with Crippen LogP contribution in [0.25, 0.3) is 0 Å². The van der Waals surface area contributed by atoms with Crippen LogP contribution in [-0.4, -0.2) is 54.3 Å². The molecule has 172 valence electrons. The first-order valence-electron chi connectivity index (χ1n) is 11.4. The zero-order valence-corrected chi connectivity index (χ0v) is 20.1. The van der Waals surface area contributed by atoms with Gasteiger partial charge < -0.3 is 10.2 Å². The van der Waals surface area contributed by atoms with Crippen molar-refractivity contribution in [1.29, 1.82) is 0 Å². The molecule has 1 saturated heterocycles. The molecule has 1 unspecified atom stereocenters. The Kier molecular flexibility index (Phi) is 7.57. The van der Waals surface area contributed by atoms with E-state index in [0.29, 0.717) is 39.1 Å². The van der Waals surface area contributed by atoms with E-state index in [4.69, 9.17) is 0 Å². The standard InChI is InChI=1S/C27H31N3O2S/c1-20-9-11-22(12-10-20)27(24-8-5-17-33-24)28-25(31)19-29-13-15-30(16-14-29)26(32)18-23-7-4-3-6-21(23)2/h3-12,17,27H,13-16,18-19H2,1-2H3,(H,28,31). The second-order valence-corrected chi connectivity index (χ2v) is 9.67. The van der Waals surface area contributed by atoms with E-state index in [1.807, 2.05) is 47.5 Å². The van der Waals surface area contributed by atoms with Crippen LogP contribution in [0.1, 0.15) is 33.2 Å². The number of thiophene rings is 1. The van der Waals surface area contributed by atoms with Crippen molar-refractivity contribution in [3.8, 4) is 0 Å². The lowest BCUT2D eigenvalue weighted by molar-refractivity contribution is -0.132. The first-order chi connectivity index (χ1) is 16.0. The Balaban J connectivity index is 1.30. The normalized spacial score (nSPS) is 15.3. The minimum absolute atomic E-state index is 0.00802. The third kappa shape index (κ3) is 6.09. The van der Waals surface area contributed by atoms with Crippen LogP contribution in [0.4, 0.5) is 0 Å². The molecule has 2 aromatic carbocycles. The third-order valence-corrected chi connectivity index (χ3v) is 7.18. The summed E-state index contributed by atoms with van der Waals surface area (Å²) in [5, 5.41) is 5.26. The Morgan fingerprint density at radius 1 is 0.939 bits per heavy atom. The Bertz CT molecular complexity index is 1070. The molecular formula is C27H31N3O2S. The molecule has 3 aromatic rings. The molecule has 6 heteroatoms. The Morgan fingerprint density at radius 3 is 2.33 bits per heavy atom. The van der Waals surface area contributed by atoms with Crippen LogP contribution < -0.4 is 5.32 Å². The number of hydrogen-bond donors (Lipinski definition) is 1. The molecule has 33 heavy (non-hydrogen) atoms. The van der Waals surface area contributed by atoms with E-state index in [-0.39, 0.29) is 17.9 Å². The Labute approximate surface area is 200 Å². The summed E-state index contributed by atoms with van der Waals surface area (Å²) >= 11 is 1.65. The van der Waals surface area contributed by atoms with E-state index < -0.39 is 0 Å². The van der Waals surface area contributed by atoms with Crippen LogP contribution in [0.3, 0.4) is 0 Å². The fourth-order valence-corrected chi connectivity index (χ4v) is 4.98. The minimum atomic E-state index is -0.143. The molecule has 1 aliphatic heterocycles. The maximum absolute atomic E-state index is 12.9. The summed E-state index contributed by atoms with van der Waals surface area (Å²) in [6, 6.07) is 20.3. The molecule has 1 aliphatic rings. The van der Waals surface area contributed by atoms with E-state index >= 15 is 0 Å². The van der Waals surface area contributed by atoms with Crippen molar-refractivity contribution in [3.05, 3.63) is 93.2 Å². The van der Waals surface area contributed by atoms with Gasteiger partial charge in [-0.2, -0.15) is 0 Å². The summed E-state index contributed by atoms with van der Waals surface area (Å²) in [6.45, 7) is 7.18. The quantitative estimate of drug-likeness (QED) is 0.580. The van der Waals surface area contributed by atoms with Crippen LogP contribution in [0.2, 0.25) is 0 Å². The molecule has 0 spiro atoms. The number of rotatable bonds is 7. The van der Waals surface area contributed by atoms with Crippen LogP contribution in [-0.2, 0) is 16.0 Å². The molecule has 0 radical (unpaired) electrons. The lowest BCUT2D eigenvalue weighted by Gasteiger charge is -2.34. The molecule has 4 rings (SSSR count). The average molecular weight is 462 g/mol. The van der Waals surface area contributed by atoms with Gasteiger partial charge in [0.1, 0.15) is 0 Å². The third-order valence-electron chi connectivity index (χ3n) is 6.24. The van der Waals surface area contributed by atoms with Crippen molar-refractivity contribution in [1.82, 2.24) is 15.1 Å². The molecule has 2 amide bonds. The van der Waals surface area contributed by atoms with Crippen molar-refractivity contribution in [2.75, 3.05) is 32.7 Å². The monoisotopic (exact) mass is 461 g/mol. The van der Waals surface area contributed by atoms with E-state index in [2.05, 4.69) is 47.5 Å². The van der Waals surface area contributed by atoms with Crippen LogP contribution >= 0.6 is 11.3 Å². The molecular weight excluding hydrogens is 430 g/mol. The zero-order chi connectivity index (χ0) is 23.2. The lowest BCUT2D eigenvalue weighted by atomic mass is 10.0. The molecule has 1 aromatic heterocycles. The molecule has 1 fully saturated rings. The number of nitrogens with one attached hydrogen (secondary N) is 1. The molecule has 0 aliphatic carbocycles. The highest BCUT2D eigenvalue weighted by Gasteiger charge is 2.24. The maximum atomic E-state index is 12.9. The van der Waals surface area contributed by atoms with Crippen LogP contribution in [0.5, 0.6) is 0 Å². The van der Waals surface area contributed by atoms with Gasteiger partial charge in [-0.1, -0.05) is 60.2 Å². The first kappa shape index (κ1) is 23.2. The molecule has 1 atom stereocenters. The van der Waals surface area contributed by atoms with Gasteiger partial charge in [0.2, 0.25) is 11.8 Å². The second-order valence-electron chi connectivity index (χ2n) is 8.69. The number of aryl methyl sites for hydroxylation is 2. The van der Waals surface area contributed by atoms with Crippen molar-refractivity contribution in [2.24, 2.45) is 0 Å². The van der Waals surface area contributed by atoms with Gasteiger partial charge in [0.15, 0.2) is 0 Å². The molecule has 0 bridgehead atoms. The summed E-state index contributed by atoms with van der Waals surface area (Å²) < 4.78 is 0. The van der Waals surface area contributed by atoms with Crippen LogP contribution in [0.15, 0.2) is 66.0 Å². The van der Waals surface area contributed by atoms with E-state index in [9.17, 15) is 9.59 Å². The zero-order valence-electron chi connectivity index (χ0n) is 19.3. The topological polar surface area (TPSA) is 52.7 Å². The Hall–Kier alpha value is -2.96. The van der Waals surface area contributed by atoms with Gasteiger partial charge in [-0.15, -0.1) is 11.3 Å². The highest BCUT2D eigenvalue weighted by Crippen LogP contribution is 2.26. The number of benzene rings is 2. The van der Waals surface area contributed by atoms with E-state index in [1.54, 1.807) is 11.3 Å². The van der Waals surface area contributed by atoms with Crippen molar-refractivity contribution in [2.45, 2.75) is 26.3 Å². The van der Waals surface area contributed by atoms with Gasteiger partial charge in [0.25, 0.3) is 0 Å². The van der Waals surface area contributed by atoms with Gasteiger partial charge >= 0.3 is 0 Å². The van der Waals surface area contributed by atoms with Gasteiger partial charge in [-0.05, 0) is 42.0 Å². The molecule has 0 saturated carbocycles. The summed E-state index contributed by atoms with van der Waals surface area (Å²) in [5.41, 5.74) is 4.52. The predicted molar refractivity (Wildman–Crippen MR) is 133 cm³/mol. The summed E-state index contributed by atoms with van der Waals surface area (Å²) in [4.78, 5) is 30.8. The largest absolute Gasteiger partial charge is 0.343 e. The fraction of sp³-hybridized carbons (Fsp3) is 0.333. The molecule has 5 nitrogen and oxygen atoms in total. The molecule has 2 heterocycles. The van der Waals surface area contributed by atoms with Gasteiger partial charge in [-0.3, -0.25) is 14.5 Å². The first-order valence-corrected chi connectivity index (χ1v) is 12.3. The summed E-state index contributed by atoms with van der Waals surface area (Å²) in [6.07, 6.45) is 0.437. The highest BCUT2D eigenvalue weighted by atomic mass is 32.1. The smallest absolute Gasteiger partial charge is 0.234 e. The van der Waals surface area contributed by atoms with Crippen molar-refractivity contribution < 1.29 is 9.59 Å². The van der Waals surface area contributed by atoms with E-state index in [0.717, 1.165) is 21.6 Å². The highest BCUT2D eigenvalue weighted by molar-refractivity contribution is 7.10. The number of carbonyl (C=O) groups excluding carboxylic acids is 2. The van der Waals surface area contributed by atoms with E-state index in [1.165, 1.54) is 5.56 Å². The second kappa shape index (κ2) is 10.8. The fourth-order valence-electron chi connectivity index (χ4n) is 4.18. The van der Waals surface area contributed by atoms with Crippen LogP contribution in [0, 0.1) is 13.8 Å². The lowest BCUT2D eigenvalue weighted by Crippen LogP contribution is -2.51.